The quantitative estimate of drug-likeness (QED) is 0.570. The molecule has 0 radical (unpaired) electrons. The number of halogens is 3. The normalized spacial score (nSPS) is 16.5. The Kier molecular flexibility index (Phi) is 7.15. The first-order valence-electron chi connectivity index (χ1n) is 6.66. The minimum atomic E-state index is -3.62. The van der Waals surface area contributed by atoms with Crippen molar-refractivity contribution in [3.05, 3.63) is 22.6 Å². The number of rotatable bonds is 5. The number of nitrogens with one attached hydrogen (secondary N) is 1. The van der Waals surface area contributed by atoms with Crippen molar-refractivity contribution in [2.24, 2.45) is 0 Å². The van der Waals surface area contributed by atoms with Crippen LogP contribution in [0.5, 0.6) is 0 Å². The zero-order valence-electron chi connectivity index (χ0n) is 11.8. The standard InChI is InChI=1S/C13H18Br3NO3S/c1-3-10(4-2)17-12(18)9-6-5-7-11(8-9)21(19,20)13(14,15)16/h6,8,10H,3-5,7H2,1-2H3,(H,17,18). The van der Waals surface area contributed by atoms with Crippen molar-refractivity contribution in [2.45, 2.75) is 47.0 Å². The average Bonchev–Trinajstić information content (AvgIpc) is 2.43. The first-order valence-corrected chi connectivity index (χ1v) is 10.5. The molecule has 21 heavy (non-hydrogen) atoms. The number of carbonyl (C=O) groups is 1. The van der Waals surface area contributed by atoms with Gasteiger partial charge in [-0.1, -0.05) is 19.9 Å². The number of sulfone groups is 1. The van der Waals surface area contributed by atoms with Gasteiger partial charge in [0, 0.05) is 16.5 Å². The Morgan fingerprint density at radius 1 is 1.33 bits per heavy atom. The molecule has 0 aromatic heterocycles. The van der Waals surface area contributed by atoms with E-state index in [1.807, 2.05) is 13.8 Å². The molecule has 1 rings (SSSR count). The lowest BCUT2D eigenvalue weighted by Crippen LogP contribution is -2.35. The van der Waals surface area contributed by atoms with Gasteiger partial charge < -0.3 is 5.32 Å². The van der Waals surface area contributed by atoms with Gasteiger partial charge in [-0.3, -0.25) is 4.79 Å². The molecule has 120 valence electrons. The van der Waals surface area contributed by atoms with Crippen LogP contribution >= 0.6 is 47.8 Å². The third-order valence-electron chi connectivity index (χ3n) is 3.30. The summed E-state index contributed by atoms with van der Waals surface area (Å²) in [5.74, 6) is -0.222. The lowest BCUT2D eigenvalue weighted by molar-refractivity contribution is -0.117. The number of hydrogen-bond donors (Lipinski definition) is 1. The lowest BCUT2D eigenvalue weighted by atomic mass is 10.1. The molecular formula is C13H18Br3NO3S. The van der Waals surface area contributed by atoms with Gasteiger partial charge in [-0.15, -0.1) is 0 Å². The molecule has 1 amide bonds. The van der Waals surface area contributed by atoms with E-state index in [2.05, 4.69) is 53.1 Å². The molecule has 8 heteroatoms. The van der Waals surface area contributed by atoms with Crippen molar-refractivity contribution in [3.63, 3.8) is 0 Å². The van der Waals surface area contributed by atoms with Crippen molar-refractivity contribution in [3.8, 4) is 0 Å². The zero-order chi connectivity index (χ0) is 16.3. The van der Waals surface area contributed by atoms with Crippen LogP contribution < -0.4 is 5.32 Å². The Labute approximate surface area is 151 Å². The fourth-order valence-corrected chi connectivity index (χ4v) is 4.79. The SMILES string of the molecule is CCC(CC)NC(=O)C1=CCCC(S(=O)(=O)C(Br)(Br)Br)=C1. The molecule has 1 aliphatic rings. The van der Waals surface area contributed by atoms with E-state index in [4.69, 9.17) is 0 Å². The Morgan fingerprint density at radius 2 is 1.90 bits per heavy atom. The van der Waals surface area contributed by atoms with Crippen LogP contribution in [0.1, 0.15) is 39.5 Å². The summed E-state index contributed by atoms with van der Waals surface area (Å²) in [7, 11) is -3.62. The molecule has 4 nitrogen and oxygen atoms in total. The molecule has 0 aliphatic heterocycles. The van der Waals surface area contributed by atoms with Crippen LogP contribution in [0.4, 0.5) is 0 Å². The van der Waals surface area contributed by atoms with E-state index < -0.39 is 11.3 Å². The van der Waals surface area contributed by atoms with E-state index in [0.29, 0.717) is 18.4 Å². The number of amides is 1. The van der Waals surface area contributed by atoms with E-state index >= 15 is 0 Å². The lowest BCUT2D eigenvalue weighted by Gasteiger charge is -2.20. The fourth-order valence-electron chi connectivity index (χ4n) is 1.95. The highest BCUT2D eigenvalue weighted by atomic mass is 80.0. The number of allylic oxidation sites excluding steroid dienone is 2. The maximum absolute atomic E-state index is 12.3. The summed E-state index contributed by atoms with van der Waals surface area (Å²) in [4.78, 5) is 12.4. The Balaban J connectivity index is 2.98. The van der Waals surface area contributed by atoms with Crippen LogP contribution in [0.25, 0.3) is 0 Å². The maximum atomic E-state index is 12.3. The van der Waals surface area contributed by atoms with Gasteiger partial charge in [-0.25, -0.2) is 8.42 Å². The zero-order valence-corrected chi connectivity index (χ0v) is 17.4. The molecule has 1 N–H and O–H groups in total. The molecular weight excluding hydrogens is 490 g/mol. The maximum Gasteiger partial charge on any atom is 0.251 e. The summed E-state index contributed by atoms with van der Waals surface area (Å²) < 4.78 is 23.3. The first kappa shape index (κ1) is 19.4. The minimum absolute atomic E-state index is 0.108. The van der Waals surface area contributed by atoms with E-state index in [1.165, 1.54) is 6.08 Å². The third kappa shape index (κ3) is 4.91. The Hall–Kier alpha value is 0.340. The van der Waals surface area contributed by atoms with E-state index in [0.717, 1.165) is 12.8 Å². The third-order valence-corrected chi connectivity index (χ3v) is 8.76. The summed E-state index contributed by atoms with van der Waals surface area (Å²) >= 11 is 9.12. The predicted octanol–water partition coefficient (Wildman–Crippen LogP) is 4.11. The fraction of sp³-hybridized carbons (Fsp3) is 0.615. The minimum Gasteiger partial charge on any atom is -0.349 e. The van der Waals surface area contributed by atoms with Crippen LogP contribution in [0.15, 0.2) is 22.6 Å². The van der Waals surface area contributed by atoms with E-state index in [1.54, 1.807) is 6.08 Å². The van der Waals surface area contributed by atoms with Gasteiger partial charge in [-0.2, -0.15) is 0 Å². The first-order chi connectivity index (χ1) is 9.63. The van der Waals surface area contributed by atoms with Crippen LogP contribution in [-0.4, -0.2) is 21.8 Å². The topological polar surface area (TPSA) is 63.2 Å². The predicted molar refractivity (Wildman–Crippen MR) is 96.3 cm³/mol. The summed E-state index contributed by atoms with van der Waals surface area (Å²) in [6.45, 7) is 4.01. The van der Waals surface area contributed by atoms with Gasteiger partial charge in [0.1, 0.15) is 0 Å². The van der Waals surface area contributed by atoms with Crippen LogP contribution in [0.2, 0.25) is 0 Å². The van der Waals surface area contributed by atoms with E-state index in [-0.39, 0.29) is 16.9 Å². The molecule has 0 fully saturated rings. The van der Waals surface area contributed by atoms with Crippen molar-refractivity contribution in [1.29, 1.82) is 0 Å². The molecule has 1 aliphatic carbocycles. The second kappa shape index (κ2) is 7.75. The molecule has 0 unspecified atom stereocenters. The smallest absolute Gasteiger partial charge is 0.251 e. The van der Waals surface area contributed by atoms with E-state index in [9.17, 15) is 13.2 Å². The largest absolute Gasteiger partial charge is 0.349 e. The molecule has 0 saturated carbocycles. The number of alkyl halides is 3. The van der Waals surface area contributed by atoms with Crippen LogP contribution in [0, 0.1) is 0 Å². The second-order valence-electron chi connectivity index (χ2n) is 4.74. The average molecular weight is 508 g/mol. The summed E-state index contributed by atoms with van der Waals surface area (Å²) in [5, 5.41) is 2.92. The highest BCUT2D eigenvalue weighted by Crippen LogP contribution is 2.44. The monoisotopic (exact) mass is 505 g/mol. The molecule has 0 saturated heterocycles. The molecule has 0 atom stereocenters. The van der Waals surface area contributed by atoms with Gasteiger partial charge in [0.2, 0.25) is 11.3 Å². The van der Waals surface area contributed by atoms with Gasteiger partial charge in [0.05, 0.1) is 0 Å². The van der Waals surface area contributed by atoms with Gasteiger partial charge in [-0.05, 0) is 79.5 Å². The highest BCUT2D eigenvalue weighted by Gasteiger charge is 2.39. The Bertz CT molecular complexity index is 558. The molecule has 0 aromatic carbocycles. The van der Waals surface area contributed by atoms with Gasteiger partial charge in [0.15, 0.2) is 0 Å². The van der Waals surface area contributed by atoms with Crippen molar-refractivity contribution >= 4 is 63.5 Å². The molecule has 0 heterocycles. The van der Waals surface area contributed by atoms with Crippen LogP contribution in [-0.2, 0) is 14.6 Å². The van der Waals surface area contributed by atoms with Crippen molar-refractivity contribution < 1.29 is 13.2 Å². The molecule has 0 bridgehead atoms. The summed E-state index contributed by atoms with van der Waals surface area (Å²) in [6.07, 6.45) is 5.83. The van der Waals surface area contributed by atoms with Crippen molar-refractivity contribution in [2.75, 3.05) is 0 Å². The van der Waals surface area contributed by atoms with Crippen LogP contribution in [0.3, 0.4) is 0 Å². The Morgan fingerprint density at radius 3 is 2.38 bits per heavy atom. The number of hydrogen-bond acceptors (Lipinski definition) is 3. The molecule has 0 spiro atoms. The molecule has 0 aromatic rings. The van der Waals surface area contributed by atoms with Crippen molar-refractivity contribution in [1.82, 2.24) is 5.32 Å². The van der Waals surface area contributed by atoms with Gasteiger partial charge in [0.25, 0.3) is 5.91 Å². The summed E-state index contributed by atoms with van der Waals surface area (Å²) in [5.41, 5.74) is 0.406. The highest BCUT2D eigenvalue weighted by molar-refractivity contribution is 9.42. The number of carbonyl (C=O) groups excluding carboxylic acids is 1. The second-order valence-corrected chi connectivity index (χ2v) is 15.2. The van der Waals surface area contributed by atoms with Gasteiger partial charge >= 0.3 is 0 Å². The summed E-state index contributed by atoms with van der Waals surface area (Å²) in [6, 6.07) is 0.108.